The van der Waals surface area contributed by atoms with Crippen LogP contribution in [-0.4, -0.2) is 38.3 Å². The number of H-pyrrole nitrogens is 1. The van der Waals surface area contributed by atoms with E-state index in [1.54, 1.807) is 0 Å². The fourth-order valence-corrected chi connectivity index (χ4v) is 9.93. The van der Waals surface area contributed by atoms with E-state index in [2.05, 4.69) is 36.1 Å². The molecule has 1 aromatic carbocycles. The zero-order chi connectivity index (χ0) is 25.9. The van der Waals surface area contributed by atoms with E-state index >= 15 is 0 Å². The van der Waals surface area contributed by atoms with Gasteiger partial charge in [0, 0.05) is 6.42 Å². The number of aromatic nitrogens is 2. The molecule has 1 amide bonds. The third-order valence-electron chi connectivity index (χ3n) is 12.0. The van der Waals surface area contributed by atoms with E-state index in [0.717, 1.165) is 49.6 Å². The summed E-state index contributed by atoms with van der Waals surface area (Å²) in [6, 6.07) is 7.79. The van der Waals surface area contributed by atoms with Gasteiger partial charge in [-0.2, -0.15) is 0 Å². The van der Waals surface area contributed by atoms with Gasteiger partial charge in [0.15, 0.2) is 0 Å². The van der Waals surface area contributed by atoms with Gasteiger partial charge in [0.25, 0.3) is 0 Å². The van der Waals surface area contributed by atoms with Gasteiger partial charge in [-0.25, -0.2) is 4.98 Å². The van der Waals surface area contributed by atoms with Gasteiger partial charge in [-0.15, -0.1) is 0 Å². The molecule has 4 fully saturated rings. The second-order valence-electron chi connectivity index (χ2n) is 13.6. The summed E-state index contributed by atoms with van der Waals surface area (Å²) in [5, 5.41) is 25.0. The van der Waals surface area contributed by atoms with Crippen LogP contribution in [0.1, 0.15) is 85.0 Å². The van der Waals surface area contributed by atoms with Crippen molar-refractivity contribution >= 4 is 22.9 Å². The van der Waals surface area contributed by atoms with E-state index in [4.69, 9.17) is 0 Å². The third kappa shape index (κ3) is 4.14. The monoisotopic (exact) mass is 507 g/mol. The van der Waals surface area contributed by atoms with Gasteiger partial charge in [-0.1, -0.05) is 32.9 Å². The fourth-order valence-electron chi connectivity index (χ4n) is 9.93. The Morgan fingerprint density at radius 1 is 1.11 bits per heavy atom. The second-order valence-corrected chi connectivity index (χ2v) is 13.6. The van der Waals surface area contributed by atoms with Crippen molar-refractivity contribution in [3.8, 4) is 0 Å². The lowest BCUT2D eigenvalue weighted by Crippen LogP contribution is -2.58. The molecule has 10 unspecified atom stereocenters. The van der Waals surface area contributed by atoms with Crippen LogP contribution in [0.3, 0.4) is 0 Å². The molecule has 202 valence electrons. The summed E-state index contributed by atoms with van der Waals surface area (Å²) in [5.41, 5.74) is 1.98. The molecule has 4 aliphatic carbocycles. The quantitative estimate of drug-likeness (QED) is 0.404. The van der Waals surface area contributed by atoms with Crippen molar-refractivity contribution in [1.29, 1.82) is 0 Å². The predicted molar refractivity (Wildman–Crippen MR) is 146 cm³/mol. The Balaban J connectivity index is 1.11. The topological polar surface area (TPSA) is 98.2 Å². The molecule has 6 nitrogen and oxygen atoms in total. The predicted octanol–water partition coefficient (Wildman–Crippen LogP) is 5.91. The molecule has 4 saturated carbocycles. The smallest absolute Gasteiger partial charge is 0.226 e. The van der Waals surface area contributed by atoms with Crippen molar-refractivity contribution in [3.63, 3.8) is 0 Å². The molecule has 0 spiro atoms. The van der Waals surface area contributed by atoms with Crippen molar-refractivity contribution in [1.82, 2.24) is 9.97 Å². The standard InChI is InChI=1S/C31H45N3O3/c1-18(8-13-28(37)34-29-32-25-6-4-5-7-26(25)33-29)22-11-12-23-21-10-9-19-16-20(35)14-15-30(19,2)24(21)17-27(36)31(22,23)3/h4-7,18-24,27,35-36H,8-17H2,1-3H3,(H2,32,33,34,37). The Kier molecular flexibility index (Phi) is 6.42. The number of aliphatic hydroxyl groups excluding tert-OH is 2. The Labute approximate surface area is 221 Å². The fraction of sp³-hybridized carbons (Fsp3) is 0.742. The Morgan fingerprint density at radius 3 is 2.73 bits per heavy atom. The van der Waals surface area contributed by atoms with Crippen LogP contribution < -0.4 is 5.32 Å². The van der Waals surface area contributed by atoms with E-state index in [-0.39, 0.29) is 28.9 Å². The molecule has 0 radical (unpaired) electrons. The zero-order valence-electron chi connectivity index (χ0n) is 22.7. The minimum Gasteiger partial charge on any atom is -0.393 e. The number of hydrogen-bond donors (Lipinski definition) is 4. The number of amides is 1. The normalized spacial score (nSPS) is 42.0. The molecular formula is C31H45N3O3. The highest BCUT2D eigenvalue weighted by Gasteiger charge is 2.63. The Morgan fingerprint density at radius 2 is 1.92 bits per heavy atom. The first-order valence-electron chi connectivity index (χ1n) is 14.8. The number of imidazole rings is 1. The molecule has 0 saturated heterocycles. The molecule has 4 N–H and O–H groups in total. The zero-order valence-corrected chi connectivity index (χ0v) is 22.7. The third-order valence-corrected chi connectivity index (χ3v) is 12.0. The largest absolute Gasteiger partial charge is 0.393 e. The number of aliphatic hydroxyl groups is 2. The van der Waals surface area contributed by atoms with Gasteiger partial charge in [-0.3, -0.25) is 10.1 Å². The average Bonchev–Trinajstić information content (AvgIpc) is 3.45. The molecule has 1 heterocycles. The summed E-state index contributed by atoms with van der Waals surface area (Å²) < 4.78 is 0. The lowest BCUT2D eigenvalue weighted by Gasteiger charge is -2.62. The van der Waals surface area contributed by atoms with Crippen molar-refractivity contribution < 1.29 is 15.0 Å². The van der Waals surface area contributed by atoms with Crippen molar-refractivity contribution in [3.05, 3.63) is 24.3 Å². The van der Waals surface area contributed by atoms with Crippen LogP contribution >= 0.6 is 0 Å². The summed E-state index contributed by atoms with van der Waals surface area (Å²) in [6.45, 7) is 7.15. The highest BCUT2D eigenvalue weighted by atomic mass is 16.3. The number of fused-ring (bicyclic) bond motifs is 6. The van der Waals surface area contributed by atoms with E-state index in [0.29, 0.717) is 47.9 Å². The minimum atomic E-state index is -0.277. The van der Waals surface area contributed by atoms with Gasteiger partial charge in [0.1, 0.15) is 0 Å². The van der Waals surface area contributed by atoms with Crippen LogP contribution in [-0.2, 0) is 4.79 Å². The highest BCUT2D eigenvalue weighted by Crippen LogP contribution is 2.68. The number of para-hydroxylation sites is 2. The number of carbonyl (C=O) groups is 1. The molecule has 0 aliphatic heterocycles. The second kappa shape index (κ2) is 9.37. The molecule has 6 heteroatoms. The lowest BCUT2D eigenvalue weighted by molar-refractivity contribution is -0.174. The highest BCUT2D eigenvalue weighted by molar-refractivity contribution is 5.91. The maximum atomic E-state index is 12.8. The molecule has 37 heavy (non-hydrogen) atoms. The van der Waals surface area contributed by atoms with Crippen LogP contribution in [0.15, 0.2) is 24.3 Å². The van der Waals surface area contributed by atoms with Crippen molar-refractivity contribution in [2.45, 2.75) is 97.2 Å². The van der Waals surface area contributed by atoms with E-state index < -0.39 is 0 Å². The number of rotatable bonds is 5. The first-order chi connectivity index (χ1) is 17.7. The maximum Gasteiger partial charge on any atom is 0.226 e. The molecule has 1 aromatic heterocycles. The summed E-state index contributed by atoms with van der Waals surface area (Å²) in [5.74, 6) is 3.80. The Hall–Kier alpha value is -1.92. The minimum absolute atomic E-state index is 0.000552. The SMILES string of the molecule is CC(CCC(=O)Nc1nc2ccccc2[nH]1)C1CCC2C3CCC4CC(O)CCC4(C)C3CC(O)C12C. The summed E-state index contributed by atoms with van der Waals surface area (Å²) in [7, 11) is 0. The lowest BCUT2D eigenvalue weighted by atomic mass is 9.43. The van der Waals surface area contributed by atoms with Crippen molar-refractivity contribution in [2.75, 3.05) is 5.32 Å². The molecule has 2 aromatic rings. The maximum absolute atomic E-state index is 12.8. The van der Waals surface area contributed by atoms with Crippen LogP contribution in [0.5, 0.6) is 0 Å². The molecule has 10 atom stereocenters. The summed E-state index contributed by atoms with van der Waals surface area (Å²) in [6.07, 6.45) is 9.65. The average molecular weight is 508 g/mol. The van der Waals surface area contributed by atoms with Crippen LogP contribution in [0, 0.1) is 46.3 Å². The summed E-state index contributed by atoms with van der Waals surface area (Å²) >= 11 is 0. The molecule has 4 aliphatic rings. The van der Waals surface area contributed by atoms with Gasteiger partial charge in [0.2, 0.25) is 11.9 Å². The number of benzene rings is 1. The first-order valence-corrected chi connectivity index (χ1v) is 14.8. The number of nitrogens with one attached hydrogen (secondary N) is 2. The van der Waals surface area contributed by atoms with Gasteiger partial charge >= 0.3 is 0 Å². The number of carbonyl (C=O) groups excluding carboxylic acids is 1. The van der Waals surface area contributed by atoms with Crippen LogP contribution in [0.4, 0.5) is 5.95 Å². The number of anilines is 1. The Bertz CT molecular complexity index is 1110. The number of hydrogen-bond acceptors (Lipinski definition) is 4. The number of nitrogens with zero attached hydrogens (tertiary/aromatic N) is 1. The number of aromatic amines is 1. The van der Waals surface area contributed by atoms with E-state index in [9.17, 15) is 15.0 Å². The molecule has 0 bridgehead atoms. The molecular weight excluding hydrogens is 462 g/mol. The van der Waals surface area contributed by atoms with Gasteiger partial charge in [0.05, 0.1) is 23.2 Å². The van der Waals surface area contributed by atoms with Crippen LogP contribution in [0.25, 0.3) is 11.0 Å². The first kappa shape index (κ1) is 25.4. The van der Waals surface area contributed by atoms with Crippen molar-refractivity contribution in [2.24, 2.45) is 46.3 Å². The molecule has 6 rings (SSSR count). The van der Waals surface area contributed by atoms with E-state index in [1.807, 2.05) is 24.3 Å². The van der Waals surface area contributed by atoms with Gasteiger partial charge < -0.3 is 15.2 Å². The van der Waals surface area contributed by atoms with E-state index in [1.165, 1.54) is 19.3 Å². The van der Waals surface area contributed by atoms with Gasteiger partial charge in [-0.05, 0) is 116 Å². The van der Waals surface area contributed by atoms with Crippen LogP contribution in [0.2, 0.25) is 0 Å². The summed E-state index contributed by atoms with van der Waals surface area (Å²) in [4.78, 5) is 20.4.